The van der Waals surface area contributed by atoms with Crippen molar-refractivity contribution in [2.75, 3.05) is 0 Å². The second-order valence-electron chi connectivity index (χ2n) is 6.21. The molecule has 3 atom stereocenters. The van der Waals surface area contributed by atoms with Gasteiger partial charge in [0.25, 0.3) is 0 Å². The van der Waals surface area contributed by atoms with Gasteiger partial charge in [-0.25, -0.2) is 9.18 Å². The second-order valence-corrected chi connectivity index (χ2v) is 6.65. The third-order valence-corrected chi connectivity index (χ3v) is 4.71. The number of nitrogens with one attached hydrogen (secondary N) is 2. The molecule has 148 valence electrons. The highest BCUT2D eigenvalue weighted by Gasteiger charge is 2.66. The Bertz CT molecular complexity index is 920. The van der Waals surface area contributed by atoms with Gasteiger partial charge >= 0.3 is 12.2 Å². The van der Waals surface area contributed by atoms with Gasteiger partial charge in [0, 0.05) is 16.1 Å². The molecular formula is C18H13ClF4N2O3. The summed E-state index contributed by atoms with van der Waals surface area (Å²) in [5, 5.41) is 14.1. The molecule has 0 aliphatic carbocycles. The summed E-state index contributed by atoms with van der Waals surface area (Å²) in [6, 6.07) is 6.49. The Hall–Kier alpha value is -2.65. The number of amides is 2. The summed E-state index contributed by atoms with van der Waals surface area (Å²) >= 11 is 5.74. The number of urea groups is 1. The molecule has 5 nitrogen and oxygen atoms in total. The standard InChI is InChI=1S/C18H13ClF4N2O3/c19-10-7-5-9(6-8-10)15(26)13-14(11-3-1-2-4-12(11)20)24-16(27)25-17(13,28)18(21,22)23/h1-8,13-14,28H,(H2,24,25,27)/t13-,14-,17-/m1/s1. The van der Waals surface area contributed by atoms with Gasteiger partial charge in [-0.1, -0.05) is 29.8 Å². The molecule has 2 aromatic carbocycles. The normalized spacial score (nSPS) is 25.0. The first-order chi connectivity index (χ1) is 13.0. The number of carbonyl (C=O) groups excluding carboxylic acids is 2. The van der Waals surface area contributed by atoms with Crippen LogP contribution in [-0.4, -0.2) is 28.8 Å². The van der Waals surface area contributed by atoms with Crippen LogP contribution >= 0.6 is 11.6 Å². The number of hydrogen-bond donors (Lipinski definition) is 3. The summed E-state index contributed by atoms with van der Waals surface area (Å²) in [4.78, 5) is 24.8. The second kappa shape index (κ2) is 7.06. The van der Waals surface area contributed by atoms with Crippen molar-refractivity contribution in [3.8, 4) is 0 Å². The van der Waals surface area contributed by atoms with Gasteiger partial charge in [-0.2, -0.15) is 13.2 Å². The molecule has 0 unspecified atom stereocenters. The fourth-order valence-electron chi connectivity index (χ4n) is 3.12. The van der Waals surface area contributed by atoms with E-state index in [0.717, 1.165) is 12.1 Å². The molecule has 2 amide bonds. The van der Waals surface area contributed by atoms with Gasteiger partial charge in [-0.15, -0.1) is 0 Å². The minimum atomic E-state index is -5.42. The lowest BCUT2D eigenvalue weighted by atomic mass is 9.77. The summed E-state index contributed by atoms with van der Waals surface area (Å²) in [5.41, 5.74) is -4.48. The van der Waals surface area contributed by atoms with Crippen molar-refractivity contribution in [3.63, 3.8) is 0 Å². The van der Waals surface area contributed by atoms with Crippen LogP contribution in [-0.2, 0) is 0 Å². The minimum absolute atomic E-state index is 0.198. The van der Waals surface area contributed by atoms with Crippen molar-refractivity contribution in [2.24, 2.45) is 5.92 Å². The highest BCUT2D eigenvalue weighted by molar-refractivity contribution is 6.30. The van der Waals surface area contributed by atoms with Crippen LogP contribution in [0.3, 0.4) is 0 Å². The Balaban J connectivity index is 2.18. The highest BCUT2D eigenvalue weighted by Crippen LogP contribution is 2.44. The molecule has 28 heavy (non-hydrogen) atoms. The first-order valence-corrected chi connectivity index (χ1v) is 8.34. The molecule has 0 aromatic heterocycles. The third kappa shape index (κ3) is 3.43. The lowest BCUT2D eigenvalue weighted by Gasteiger charge is -2.45. The number of rotatable bonds is 3. The van der Waals surface area contributed by atoms with Gasteiger partial charge in [-0.3, -0.25) is 4.79 Å². The molecule has 1 fully saturated rings. The lowest BCUT2D eigenvalue weighted by Crippen LogP contribution is -2.72. The van der Waals surface area contributed by atoms with E-state index >= 15 is 0 Å². The number of aliphatic hydroxyl groups is 1. The third-order valence-electron chi connectivity index (χ3n) is 4.46. The van der Waals surface area contributed by atoms with Crippen LogP contribution in [0.25, 0.3) is 0 Å². The zero-order valence-electron chi connectivity index (χ0n) is 13.9. The number of carbonyl (C=O) groups is 2. The van der Waals surface area contributed by atoms with E-state index in [1.54, 1.807) is 0 Å². The molecule has 10 heteroatoms. The fraction of sp³-hybridized carbons (Fsp3) is 0.222. The van der Waals surface area contributed by atoms with Crippen molar-refractivity contribution in [2.45, 2.75) is 17.9 Å². The van der Waals surface area contributed by atoms with Crippen LogP contribution in [0.5, 0.6) is 0 Å². The average molecular weight is 417 g/mol. The van der Waals surface area contributed by atoms with Gasteiger partial charge in [0.15, 0.2) is 5.78 Å². The number of halogens is 5. The van der Waals surface area contributed by atoms with E-state index in [0.29, 0.717) is 0 Å². The maximum atomic E-state index is 14.3. The maximum Gasteiger partial charge on any atom is 0.437 e. The molecule has 0 bridgehead atoms. The predicted octanol–water partition coefficient (Wildman–Crippen LogP) is 3.58. The molecular weight excluding hydrogens is 404 g/mol. The van der Waals surface area contributed by atoms with Crippen molar-refractivity contribution < 1.29 is 32.3 Å². The van der Waals surface area contributed by atoms with E-state index in [2.05, 4.69) is 5.32 Å². The van der Waals surface area contributed by atoms with Gasteiger partial charge in [0.2, 0.25) is 5.72 Å². The number of Topliss-reactive ketones (excluding diaryl/α,β-unsaturated/α-hetero) is 1. The van der Waals surface area contributed by atoms with E-state index in [1.807, 2.05) is 0 Å². The summed E-state index contributed by atoms with van der Waals surface area (Å²) in [6.45, 7) is 0. The molecule has 0 saturated carbocycles. The molecule has 1 aliphatic rings. The summed E-state index contributed by atoms with van der Waals surface area (Å²) in [6.07, 6.45) is -5.42. The van der Waals surface area contributed by atoms with Crippen molar-refractivity contribution in [3.05, 3.63) is 70.5 Å². The Morgan fingerprint density at radius 1 is 1.11 bits per heavy atom. The quantitative estimate of drug-likeness (QED) is 0.528. The topological polar surface area (TPSA) is 78.4 Å². The molecule has 3 rings (SSSR count). The fourth-order valence-corrected chi connectivity index (χ4v) is 3.25. The van der Waals surface area contributed by atoms with E-state index in [9.17, 15) is 32.3 Å². The molecule has 0 radical (unpaired) electrons. The first-order valence-electron chi connectivity index (χ1n) is 7.96. The van der Waals surface area contributed by atoms with Crippen molar-refractivity contribution in [1.82, 2.24) is 10.6 Å². The summed E-state index contributed by atoms with van der Waals surface area (Å²) < 4.78 is 55.4. The molecule has 1 aliphatic heterocycles. The minimum Gasteiger partial charge on any atom is -0.363 e. The first kappa shape index (κ1) is 20.1. The number of ketones is 1. The van der Waals surface area contributed by atoms with Gasteiger partial charge in [-0.05, 0) is 30.3 Å². The Morgan fingerprint density at radius 2 is 1.71 bits per heavy atom. The summed E-state index contributed by atoms with van der Waals surface area (Å²) in [5.74, 6) is -4.39. The number of benzene rings is 2. The lowest BCUT2D eigenvalue weighted by molar-refractivity contribution is -0.287. The maximum absolute atomic E-state index is 14.3. The monoisotopic (exact) mass is 416 g/mol. The van der Waals surface area contributed by atoms with Gasteiger partial charge in [0.1, 0.15) is 11.7 Å². The summed E-state index contributed by atoms with van der Waals surface area (Å²) in [7, 11) is 0. The van der Waals surface area contributed by atoms with Gasteiger partial charge < -0.3 is 15.7 Å². The SMILES string of the molecule is O=C1N[C@H](c2ccccc2F)[C@H](C(=O)c2ccc(Cl)cc2)[C@@](O)(C(F)(F)F)N1. The van der Waals surface area contributed by atoms with Crippen LogP contribution in [0.4, 0.5) is 22.4 Å². The Morgan fingerprint density at radius 3 is 2.29 bits per heavy atom. The average Bonchev–Trinajstić information content (AvgIpc) is 2.60. The molecule has 1 saturated heterocycles. The van der Waals surface area contributed by atoms with Crippen LogP contribution in [0.15, 0.2) is 48.5 Å². The Labute approximate surface area is 161 Å². The molecule has 2 aromatic rings. The van der Waals surface area contributed by atoms with Crippen molar-refractivity contribution in [1.29, 1.82) is 0 Å². The van der Waals surface area contributed by atoms with E-state index in [1.165, 1.54) is 41.7 Å². The largest absolute Gasteiger partial charge is 0.437 e. The molecule has 1 heterocycles. The van der Waals surface area contributed by atoms with Crippen LogP contribution < -0.4 is 10.6 Å². The van der Waals surface area contributed by atoms with Crippen LogP contribution in [0, 0.1) is 11.7 Å². The van der Waals surface area contributed by atoms with Crippen LogP contribution in [0.2, 0.25) is 5.02 Å². The van der Waals surface area contributed by atoms with Gasteiger partial charge in [0.05, 0.1) is 6.04 Å². The number of hydrogen-bond acceptors (Lipinski definition) is 3. The van der Waals surface area contributed by atoms with E-state index in [-0.39, 0.29) is 16.1 Å². The van der Waals surface area contributed by atoms with Crippen LogP contribution in [0.1, 0.15) is 22.0 Å². The molecule has 0 spiro atoms. The zero-order chi connectivity index (χ0) is 20.7. The zero-order valence-corrected chi connectivity index (χ0v) is 14.7. The van der Waals surface area contributed by atoms with Crippen molar-refractivity contribution >= 4 is 23.4 Å². The number of alkyl halides is 3. The van der Waals surface area contributed by atoms with E-state index in [4.69, 9.17) is 11.6 Å². The van der Waals surface area contributed by atoms with E-state index < -0.39 is 41.5 Å². The smallest absolute Gasteiger partial charge is 0.363 e. The molecule has 3 N–H and O–H groups in total. The highest BCUT2D eigenvalue weighted by atomic mass is 35.5. The predicted molar refractivity (Wildman–Crippen MR) is 91.1 cm³/mol. The Kier molecular flexibility index (Phi) is 5.07.